The molecule has 1 atom stereocenters. The van der Waals surface area contributed by atoms with E-state index in [1.165, 1.54) is 17.3 Å². The van der Waals surface area contributed by atoms with Gasteiger partial charge in [-0.15, -0.1) is 0 Å². The molecule has 3 rings (SSSR count). The van der Waals surface area contributed by atoms with Crippen LogP contribution in [-0.4, -0.2) is 27.4 Å². The van der Waals surface area contributed by atoms with Gasteiger partial charge in [0.1, 0.15) is 5.25 Å². The maximum Gasteiger partial charge on any atom is 0.319 e. The lowest BCUT2D eigenvalue weighted by molar-refractivity contribution is -0.137. The number of aryl methyl sites for hydroxylation is 1. The topological polar surface area (TPSA) is 44.1 Å². The number of ether oxygens (including phenoxy) is 1. The predicted octanol–water partition coefficient (Wildman–Crippen LogP) is 3.29. The van der Waals surface area contributed by atoms with Gasteiger partial charge in [-0.3, -0.25) is 4.79 Å². The zero-order chi connectivity index (χ0) is 14.8. The maximum absolute atomic E-state index is 11.6. The monoisotopic (exact) mass is 302 g/mol. The van der Waals surface area contributed by atoms with Gasteiger partial charge in [0.25, 0.3) is 0 Å². The molecule has 0 unspecified atom stereocenters. The van der Waals surface area contributed by atoms with Gasteiger partial charge in [-0.05, 0) is 19.4 Å². The van der Waals surface area contributed by atoms with Crippen molar-refractivity contribution in [3.05, 3.63) is 36.0 Å². The van der Waals surface area contributed by atoms with Crippen LogP contribution in [0.15, 0.2) is 35.6 Å². The van der Waals surface area contributed by atoms with Crippen LogP contribution in [0.25, 0.3) is 11.3 Å². The Kier molecular flexibility index (Phi) is 4.01. The summed E-state index contributed by atoms with van der Waals surface area (Å²) in [7, 11) is 0. The van der Waals surface area contributed by atoms with Gasteiger partial charge < -0.3 is 9.30 Å². The van der Waals surface area contributed by atoms with Crippen molar-refractivity contribution >= 4 is 17.7 Å². The van der Waals surface area contributed by atoms with Gasteiger partial charge in [-0.25, -0.2) is 4.98 Å². The van der Waals surface area contributed by atoms with Crippen molar-refractivity contribution in [3.8, 4) is 11.3 Å². The molecule has 2 aromatic rings. The third kappa shape index (κ3) is 2.83. The first-order valence-corrected chi connectivity index (χ1v) is 8.03. The molecule has 1 aliphatic heterocycles. The third-order valence-electron chi connectivity index (χ3n) is 3.62. The van der Waals surface area contributed by atoms with Gasteiger partial charge in [-0.2, -0.15) is 0 Å². The van der Waals surface area contributed by atoms with Crippen LogP contribution in [0.5, 0.6) is 0 Å². The minimum Gasteiger partial charge on any atom is -0.465 e. The Hall–Kier alpha value is -1.75. The van der Waals surface area contributed by atoms with Crippen molar-refractivity contribution < 1.29 is 9.53 Å². The number of carbonyl (C=O) groups excluding carboxylic acids is 1. The van der Waals surface area contributed by atoms with E-state index in [2.05, 4.69) is 47.7 Å². The Balaban J connectivity index is 1.89. The van der Waals surface area contributed by atoms with Gasteiger partial charge in [0.15, 0.2) is 5.16 Å². The average Bonchev–Trinajstić information content (AvgIpc) is 3.07. The van der Waals surface area contributed by atoms with Crippen molar-refractivity contribution in [2.24, 2.45) is 0 Å². The van der Waals surface area contributed by atoms with E-state index in [1.54, 1.807) is 0 Å². The number of imidazole rings is 1. The molecule has 4 nitrogen and oxygen atoms in total. The summed E-state index contributed by atoms with van der Waals surface area (Å²) in [6, 6.07) is 8.42. The molecule has 1 aromatic heterocycles. The normalized spacial score (nSPS) is 18.0. The number of nitrogens with zero attached hydrogens (tertiary/aromatic N) is 2. The number of esters is 1. The molecule has 1 saturated heterocycles. The molecule has 0 radical (unpaired) electrons. The summed E-state index contributed by atoms with van der Waals surface area (Å²) >= 11 is 1.51. The summed E-state index contributed by atoms with van der Waals surface area (Å²) in [5, 5.41) is 0.764. The van der Waals surface area contributed by atoms with Crippen LogP contribution in [-0.2, 0) is 16.1 Å². The van der Waals surface area contributed by atoms with Crippen molar-refractivity contribution in [3.63, 3.8) is 0 Å². The first-order chi connectivity index (χ1) is 10.2. The van der Waals surface area contributed by atoms with Crippen molar-refractivity contribution in [2.75, 3.05) is 6.61 Å². The van der Waals surface area contributed by atoms with Crippen LogP contribution >= 0.6 is 11.8 Å². The minimum absolute atomic E-state index is 0.122. The fraction of sp³-hybridized carbons (Fsp3) is 0.375. The van der Waals surface area contributed by atoms with Crippen LogP contribution in [0.2, 0.25) is 0 Å². The number of hydrogen-bond donors (Lipinski definition) is 0. The molecule has 1 aromatic carbocycles. The molecule has 21 heavy (non-hydrogen) atoms. The highest BCUT2D eigenvalue weighted by Gasteiger charge is 2.29. The van der Waals surface area contributed by atoms with Gasteiger partial charge in [0, 0.05) is 13.0 Å². The standard InChI is InChI=1S/C16H18N2O2S/c1-3-18-13(12-6-4-11(2)5-7-12)10-17-16(18)21-14-8-9-20-15(14)19/h4-7,10,14H,3,8-9H2,1-2H3/t14-/m1/s1. The van der Waals surface area contributed by atoms with Gasteiger partial charge in [-0.1, -0.05) is 41.6 Å². The smallest absolute Gasteiger partial charge is 0.319 e. The molecule has 1 fully saturated rings. The summed E-state index contributed by atoms with van der Waals surface area (Å²) in [6.45, 7) is 5.52. The van der Waals surface area contributed by atoms with E-state index in [4.69, 9.17) is 4.74 Å². The molecule has 5 heteroatoms. The third-order valence-corrected chi connectivity index (χ3v) is 4.87. The second-order valence-electron chi connectivity index (χ2n) is 5.10. The molecule has 0 aliphatic carbocycles. The molecule has 0 amide bonds. The Labute approximate surface area is 128 Å². The summed E-state index contributed by atoms with van der Waals surface area (Å²) < 4.78 is 7.17. The molecular weight excluding hydrogens is 284 g/mol. The summed E-state index contributed by atoms with van der Waals surface area (Å²) in [5.74, 6) is -0.123. The highest BCUT2D eigenvalue weighted by molar-refractivity contribution is 8.00. The van der Waals surface area contributed by atoms with E-state index in [1.807, 2.05) is 6.20 Å². The lowest BCUT2D eigenvalue weighted by atomic mass is 10.1. The lowest BCUT2D eigenvalue weighted by Gasteiger charge is -2.11. The Morgan fingerprint density at radius 3 is 2.76 bits per heavy atom. The van der Waals surface area contributed by atoms with E-state index in [0.29, 0.717) is 6.61 Å². The summed E-state index contributed by atoms with van der Waals surface area (Å²) in [5.41, 5.74) is 3.48. The van der Waals surface area contributed by atoms with Crippen LogP contribution < -0.4 is 0 Å². The van der Waals surface area contributed by atoms with Gasteiger partial charge in [0.2, 0.25) is 0 Å². The minimum atomic E-state index is -0.123. The number of benzene rings is 1. The molecule has 1 aliphatic rings. The summed E-state index contributed by atoms with van der Waals surface area (Å²) in [4.78, 5) is 16.1. The van der Waals surface area contributed by atoms with Crippen molar-refractivity contribution in [1.82, 2.24) is 9.55 Å². The fourth-order valence-corrected chi connectivity index (χ4v) is 3.53. The van der Waals surface area contributed by atoms with E-state index < -0.39 is 0 Å². The van der Waals surface area contributed by atoms with Crippen molar-refractivity contribution in [1.29, 1.82) is 0 Å². The van der Waals surface area contributed by atoms with Crippen molar-refractivity contribution in [2.45, 2.75) is 37.2 Å². The molecule has 0 N–H and O–H groups in total. The predicted molar refractivity (Wildman–Crippen MR) is 83.3 cm³/mol. The quantitative estimate of drug-likeness (QED) is 0.813. The number of thioether (sulfide) groups is 1. The Morgan fingerprint density at radius 1 is 1.38 bits per heavy atom. The van der Waals surface area contributed by atoms with Crippen LogP contribution in [0.4, 0.5) is 0 Å². The first-order valence-electron chi connectivity index (χ1n) is 7.15. The first kappa shape index (κ1) is 14.2. The Bertz CT molecular complexity index is 649. The Morgan fingerprint density at radius 2 is 2.14 bits per heavy atom. The van der Waals surface area contributed by atoms with Crippen LogP contribution in [0.1, 0.15) is 18.9 Å². The molecular formula is C16H18N2O2S. The van der Waals surface area contributed by atoms with E-state index in [-0.39, 0.29) is 11.2 Å². The van der Waals surface area contributed by atoms with E-state index in [0.717, 1.165) is 29.4 Å². The van der Waals surface area contributed by atoms with E-state index >= 15 is 0 Å². The molecule has 110 valence electrons. The molecule has 0 spiro atoms. The molecule has 0 bridgehead atoms. The second kappa shape index (κ2) is 5.93. The zero-order valence-corrected chi connectivity index (χ0v) is 13.0. The summed E-state index contributed by atoms with van der Waals surface area (Å²) in [6.07, 6.45) is 2.65. The molecule has 0 saturated carbocycles. The number of rotatable bonds is 4. The number of cyclic esters (lactones) is 1. The maximum atomic E-state index is 11.6. The molecule has 2 heterocycles. The number of hydrogen-bond acceptors (Lipinski definition) is 4. The lowest BCUT2D eigenvalue weighted by Crippen LogP contribution is -2.11. The van der Waals surface area contributed by atoms with Gasteiger partial charge in [0.05, 0.1) is 18.5 Å². The second-order valence-corrected chi connectivity index (χ2v) is 6.27. The van der Waals surface area contributed by atoms with E-state index in [9.17, 15) is 4.79 Å². The largest absolute Gasteiger partial charge is 0.465 e. The zero-order valence-electron chi connectivity index (χ0n) is 12.2. The van der Waals surface area contributed by atoms with Crippen LogP contribution in [0.3, 0.4) is 0 Å². The SMILES string of the molecule is CCn1c(-c2ccc(C)cc2)cnc1S[C@@H]1CCOC1=O. The number of aromatic nitrogens is 2. The highest BCUT2D eigenvalue weighted by Crippen LogP contribution is 2.32. The fourth-order valence-electron chi connectivity index (χ4n) is 2.42. The average molecular weight is 302 g/mol. The number of carbonyl (C=O) groups is 1. The van der Waals surface area contributed by atoms with Crippen LogP contribution in [0, 0.1) is 6.92 Å². The highest BCUT2D eigenvalue weighted by atomic mass is 32.2. The van der Waals surface area contributed by atoms with Gasteiger partial charge >= 0.3 is 5.97 Å².